The molecule has 182 valence electrons. The van der Waals surface area contributed by atoms with Crippen molar-refractivity contribution in [3.05, 3.63) is 77.6 Å². The number of fused-ring (bicyclic) bond motifs is 1. The number of carbonyl (C=O) groups excluding carboxylic acids is 2. The number of esters is 1. The minimum absolute atomic E-state index is 0.0631. The quantitative estimate of drug-likeness (QED) is 0.275. The fourth-order valence-corrected chi connectivity index (χ4v) is 5.55. The van der Waals surface area contributed by atoms with Crippen LogP contribution >= 0.6 is 0 Å². The molecule has 0 saturated carbocycles. The van der Waals surface area contributed by atoms with Crippen LogP contribution in [0.4, 0.5) is 5.69 Å². The smallest absolute Gasteiger partial charge is 0.331 e. The second-order valence-corrected chi connectivity index (χ2v) is 9.49. The van der Waals surface area contributed by atoms with Gasteiger partial charge in [-0.05, 0) is 54.0 Å². The number of sulfonamides is 1. The van der Waals surface area contributed by atoms with Crippen molar-refractivity contribution in [2.24, 2.45) is 0 Å². The number of para-hydroxylation sites is 1. The van der Waals surface area contributed by atoms with Crippen molar-refractivity contribution in [1.29, 1.82) is 0 Å². The average molecular weight is 497 g/mol. The van der Waals surface area contributed by atoms with Crippen molar-refractivity contribution in [3.63, 3.8) is 0 Å². The van der Waals surface area contributed by atoms with Crippen LogP contribution in [0.2, 0.25) is 0 Å². The highest BCUT2D eigenvalue weighted by atomic mass is 32.2. The number of nitrogens with zero attached hydrogens (tertiary/aromatic N) is 1. The molecule has 0 radical (unpaired) electrons. The molecule has 35 heavy (non-hydrogen) atoms. The fraction of sp³-hybridized carbons (Fsp3) is 0.200. The highest BCUT2D eigenvalue weighted by Crippen LogP contribution is 2.40. The highest BCUT2D eigenvalue weighted by Gasteiger charge is 2.34. The second kappa shape index (κ2) is 10.1. The summed E-state index contributed by atoms with van der Waals surface area (Å²) < 4.78 is 44.4. The summed E-state index contributed by atoms with van der Waals surface area (Å²) in [6.45, 7) is -0.127. The van der Waals surface area contributed by atoms with Crippen LogP contribution in [0.15, 0.2) is 65.7 Å². The normalized spacial score (nSPS) is 13.0. The molecular formula is C25H24N2O7S. The third kappa shape index (κ3) is 4.92. The Kier molecular flexibility index (Phi) is 6.92. The van der Waals surface area contributed by atoms with Crippen molar-refractivity contribution in [2.45, 2.75) is 11.3 Å². The topological polar surface area (TPSA) is 115 Å². The molecule has 1 N–H and O–H groups in total. The Morgan fingerprint density at radius 3 is 2.60 bits per heavy atom. The van der Waals surface area contributed by atoms with Crippen LogP contribution in [-0.2, 0) is 26.0 Å². The Balaban J connectivity index is 1.60. The van der Waals surface area contributed by atoms with Crippen LogP contribution < -0.4 is 13.8 Å². The molecule has 0 atom stereocenters. The van der Waals surface area contributed by atoms with Crippen LogP contribution in [0.25, 0.3) is 6.08 Å². The van der Waals surface area contributed by atoms with Gasteiger partial charge in [0, 0.05) is 18.8 Å². The van der Waals surface area contributed by atoms with Gasteiger partial charge in [0.1, 0.15) is 4.90 Å². The van der Waals surface area contributed by atoms with E-state index < -0.39 is 22.6 Å². The molecule has 2 heterocycles. The minimum Gasteiger partial charge on any atom is -0.493 e. The molecule has 1 aliphatic rings. The zero-order valence-corrected chi connectivity index (χ0v) is 20.0. The number of methoxy groups -OCH3 is 2. The maximum Gasteiger partial charge on any atom is 0.331 e. The molecule has 2 aromatic carbocycles. The first-order valence-corrected chi connectivity index (χ1v) is 12.2. The number of ether oxygens (including phenoxy) is 3. The number of aromatic amines is 1. The molecule has 0 unspecified atom stereocenters. The van der Waals surface area contributed by atoms with Crippen LogP contribution in [0.1, 0.15) is 21.6 Å². The summed E-state index contributed by atoms with van der Waals surface area (Å²) in [4.78, 5) is 26.8. The molecule has 0 amide bonds. The van der Waals surface area contributed by atoms with Gasteiger partial charge in [0.25, 0.3) is 10.0 Å². The standard InChI is InChI=1S/C25H24N2O7S/c1-32-22-14-17(9-10-24(29)34-16-21(28)19-7-5-12-26-19)15-23(25(22)33-2)35(30,31)27-13-11-18-6-3-4-8-20(18)27/h3-10,12,14-15,26H,11,13,16H2,1-2H3/b10-9+. The summed E-state index contributed by atoms with van der Waals surface area (Å²) in [6.07, 6.45) is 4.70. The first-order valence-electron chi connectivity index (χ1n) is 10.7. The van der Waals surface area contributed by atoms with Crippen molar-refractivity contribution in [3.8, 4) is 11.5 Å². The van der Waals surface area contributed by atoms with E-state index in [2.05, 4.69) is 4.98 Å². The SMILES string of the molecule is COc1cc(/C=C/C(=O)OCC(=O)c2ccc[nH]2)cc(S(=O)(=O)N2CCc3ccccc32)c1OC. The Hall–Kier alpha value is -4.05. The van der Waals surface area contributed by atoms with E-state index in [0.717, 1.165) is 11.6 Å². The number of carbonyl (C=O) groups is 2. The summed E-state index contributed by atoms with van der Waals surface area (Å²) in [5.41, 5.74) is 2.26. The van der Waals surface area contributed by atoms with Gasteiger partial charge in [-0.25, -0.2) is 13.2 Å². The van der Waals surface area contributed by atoms with Crippen LogP contribution in [0.3, 0.4) is 0 Å². The van der Waals surface area contributed by atoms with E-state index in [4.69, 9.17) is 14.2 Å². The zero-order chi connectivity index (χ0) is 25.0. The fourth-order valence-electron chi connectivity index (χ4n) is 3.84. The van der Waals surface area contributed by atoms with Crippen molar-refractivity contribution < 1.29 is 32.2 Å². The number of benzene rings is 2. The average Bonchev–Trinajstić information content (AvgIpc) is 3.56. The number of hydrogen-bond donors (Lipinski definition) is 1. The van der Waals surface area contributed by atoms with E-state index in [9.17, 15) is 18.0 Å². The van der Waals surface area contributed by atoms with Gasteiger partial charge in [-0.2, -0.15) is 0 Å². The summed E-state index contributed by atoms with van der Waals surface area (Å²) in [5.74, 6) is -0.871. The molecule has 4 rings (SSSR count). The first kappa shape index (κ1) is 24.1. The Morgan fingerprint density at radius 1 is 1.09 bits per heavy atom. The number of H-pyrrole nitrogens is 1. The first-order chi connectivity index (χ1) is 16.8. The van der Waals surface area contributed by atoms with Gasteiger partial charge < -0.3 is 19.2 Å². The Labute approximate surface area is 203 Å². The summed E-state index contributed by atoms with van der Waals surface area (Å²) in [6, 6.07) is 13.5. The highest BCUT2D eigenvalue weighted by molar-refractivity contribution is 7.93. The summed E-state index contributed by atoms with van der Waals surface area (Å²) >= 11 is 0. The van der Waals surface area contributed by atoms with E-state index in [-0.39, 0.29) is 22.2 Å². The molecule has 1 aliphatic heterocycles. The monoisotopic (exact) mass is 496 g/mol. The molecule has 1 aromatic heterocycles. The maximum atomic E-state index is 13.7. The number of Topliss-reactive ketones (excluding diaryl/α,β-unsaturated/α-hetero) is 1. The van der Waals surface area contributed by atoms with E-state index >= 15 is 0 Å². The number of ketones is 1. The maximum absolute atomic E-state index is 13.7. The third-order valence-electron chi connectivity index (χ3n) is 5.54. The van der Waals surface area contributed by atoms with E-state index in [1.807, 2.05) is 12.1 Å². The van der Waals surface area contributed by atoms with Gasteiger partial charge in [-0.15, -0.1) is 0 Å². The predicted octanol–water partition coefficient (Wildman–Crippen LogP) is 3.22. The number of anilines is 1. The molecule has 0 saturated heterocycles. The summed E-state index contributed by atoms with van der Waals surface area (Å²) in [5, 5.41) is 0. The predicted molar refractivity (Wildman–Crippen MR) is 129 cm³/mol. The van der Waals surface area contributed by atoms with Gasteiger partial charge in [-0.3, -0.25) is 9.10 Å². The van der Waals surface area contributed by atoms with Gasteiger partial charge in [0.2, 0.25) is 5.78 Å². The van der Waals surface area contributed by atoms with Gasteiger partial charge in [-0.1, -0.05) is 18.2 Å². The van der Waals surface area contributed by atoms with Crippen LogP contribution in [0, 0.1) is 0 Å². The van der Waals surface area contributed by atoms with Crippen LogP contribution in [-0.4, -0.2) is 52.5 Å². The molecule has 0 fully saturated rings. The molecule has 10 heteroatoms. The van der Waals surface area contributed by atoms with Gasteiger partial charge in [0.15, 0.2) is 18.1 Å². The number of nitrogens with one attached hydrogen (secondary N) is 1. The molecule has 0 spiro atoms. The van der Waals surface area contributed by atoms with Crippen molar-refractivity contribution in [2.75, 3.05) is 31.7 Å². The number of aromatic nitrogens is 1. The van der Waals surface area contributed by atoms with Crippen molar-refractivity contribution >= 4 is 33.5 Å². The van der Waals surface area contributed by atoms with E-state index in [1.165, 1.54) is 30.7 Å². The lowest BCUT2D eigenvalue weighted by atomic mass is 10.2. The minimum atomic E-state index is -4.00. The zero-order valence-electron chi connectivity index (χ0n) is 19.2. The molecule has 0 aliphatic carbocycles. The van der Waals surface area contributed by atoms with Gasteiger partial charge >= 0.3 is 5.97 Å². The number of rotatable bonds is 9. The molecule has 0 bridgehead atoms. The lowest BCUT2D eigenvalue weighted by molar-refractivity contribution is -0.136. The second-order valence-electron chi connectivity index (χ2n) is 7.66. The van der Waals surface area contributed by atoms with Crippen LogP contribution in [0.5, 0.6) is 11.5 Å². The summed E-state index contributed by atoms with van der Waals surface area (Å²) in [7, 11) is -1.24. The molecular weight excluding hydrogens is 472 g/mol. The van der Waals surface area contributed by atoms with E-state index in [1.54, 1.807) is 36.5 Å². The lowest BCUT2D eigenvalue weighted by Crippen LogP contribution is -2.29. The molecule has 9 nitrogen and oxygen atoms in total. The van der Waals surface area contributed by atoms with Gasteiger partial charge in [0.05, 0.1) is 25.6 Å². The lowest BCUT2D eigenvalue weighted by Gasteiger charge is -2.22. The Bertz CT molecular complexity index is 1380. The molecule has 3 aromatic rings. The number of hydrogen-bond acceptors (Lipinski definition) is 7. The third-order valence-corrected chi connectivity index (χ3v) is 7.35. The van der Waals surface area contributed by atoms with Crippen molar-refractivity contribution in [1.82, 2.24) is 4.98 Å². The largest absolute Gasteiger partial charge is 0.493 e. The Morgan fingerprint density at radius 2 is 1.89 bits per heavy atom. The van der Waals surface area contributed by atoms with E-state index in [0.29, 0.717) is 29.9 Å².